The molecule has 2 rings (SSSR count). The smallest absolute Gasteiger partial charge is 0.410 e. The minimum atomic E-state index is -0.403. The van der Waals surface area contributed by atoms with E-state index >= 15 is 0 Å². The predicted molar refractivity (Wildman–Crippen MR) is 85.4 cm³/mol. The highest BCUT2D eigenvalue weighted by Crippen LogP contribution is 2.37. The molecule has 1 atom stereocenters. The second-order valence-corrected chi connectivity index (χ2v) is 8.34. The molecule has 2 aliphatic rings. The number of amides is 1. The molecule has 1 saturated carbocycles. The van der Waals surface area contributed by atoms with E-state index in [2.05, 4.69) is 19.2 Å². The Morgan fingerprint density at radius 1 is 1.19 bits per heavy atom. The molecule has 21 heavy (non-hydrogen) atoms. The summed E-state index contributed by atoms with van der Waals surface area (Å²) in [5.74, 6) is 0. The van der Waals surface area contributed by atoms with Gasteiger partial charge in [-0.2, -0.15) is 0 Å². The fourth-order valence-corrected chi connectivity index (χ4v) is 3.48. The van der Waals surface area contributed by atoms with E-state index in [0.717, 1.165) is 25.9 Å². The molecule has 122 valence electrons. The second-order valence-electron chi connectivity index (χ2n) is 8.34. The van der Waals surface area contributed by atoms with Gasteiger partial charge < -0.3 is 15.0 Å². The molecule has 1 saturated heterocycles. The van der Waals surface area contributed by atoms with Crippen molar-refractivity contribution in [1.29, 1.82) is 0 Å². The number of nitrogens with one attached hydrogen (secondary N) is 1. The summed E-state index contributed by atoms with van der Waals surface area (Å²) in [5, 5.41) is 3.84. The molecule has 0 aromatic carbocycles. The van der Waals surface area contributed by atoms with Crippen molar-refractivity contribution in [3.05, 3.63) is 0 Å². The summed E-state index contributed by atoms with van der Waals surface area (Å²) in [6, 6.07) is 1.18. The Morgan fingerprint density at radius 3 is 2.29 bits per heavy atom. The van der Waals surface area contributed by atoms with Crippen LogP contribution in [0.2, 0.25) is 0 Å². The summed E-state index contributed by atoms with van der Waals surface area (Å²) in [4.78, 5) is 13.9. The van der Waals surface area contributed by atoms with Crippen molar-refractivity contribution in [1.82, 2.24) is 10.2 Å². The van der Waals surface area contributed by atoms with Gasteiger partial charge >= 0.3 is 6.09 Å². The van der Waals surface area contributed by atoms with E-state index in [1.165, 1.54) is 19.3 Å². The second kappa shape index (κ2) is 6.15. The number of likely N-dealkylation sites (tertiary alicyclic amines) is 1. The fourth-order valence-electron chi connectivity index (χ4n) is 3.48. The van der Waals surface area contributed by atoms with Crippen LogP contribution in [0.15, 0.2) is 0 Å². The van der Waals surface area contributed by atoms with E-state index in [9.17, 15) is 4.79 Å². The number of hydrogen-bond acceptors (Lipinski definition) is 3. The Bertz CT molecular complexity index is 365. The van der Waals surface area contributed by atoms with E-state index in [-0.39, 0.29) is 6.09 Å². The lowest BCUT2D eigenvalue weighted by Gasteiger charge is -2.37. The molecule has 0 aromatic rings. The van der Waals surface area contributed by atoms with Crippen LogP contribution in [0.4, 0.5) is 4.79 Å². The maximum absolute atomic E-state index is 12.1. The number of ether oxygens (including phenoxy) is 1. The van der Waals surface area contributed by atoms with E-state index in [1.54, 1.807) is 0 Å². The standard InChI is InChI=1S/C17H32N2O2/c1-16(2,3)21-15(20)19-11-8-13(9-12-19)18-14-7-6-10-17(14,4)5/h13-14,18H,6-12H2,1-5H3. The molecule has 1 unspecified atom stereocenters. The van der Waals surface area contributed by atoms with Gasteiger partial charge in [0.1, 0.15) is 5.60 Å². The molecule has 0 bridgehead atoms. The average Bonchev–Trinajstić information content (AvgIpc) is 2.67. The first kappa shape index (κ1) is 16.6. The van der Waals surface area contributed by atoms with Crippen LogP contribution in [-0.4, -0.2) is 41.8 Å². The van der Waals surface area contributed by atoms with Crippen molar-refractivity contribution < 1.29 is 9.53 Å². The summed E-state index contributed by atoms with van der Waals surface area (Å²) in [5.41, 5.74) is 0.0162. The number of hydrogen-bond donors (Lipinski definition) is 1. The van der Waals surface area contributed by atoms with Gasteiger partial charge in [-0.05, 0) is 51.9 Å². The molecule has 2 fully saturated rings. The Hall–Kier alpha value is -0.770. The molecular weight excluding hydrogens is 264 g/mol. The van der Waals surface area contributed by atoms with Gasteiger partial charge in [0.2, 0.25) is 0 Å². The topological polar surface area (TPSA) is 41.6 Å². The van der Waals surface area contributed by atoms with Crippen molar-refractivity contribution in [2.24, 2.45) is 5.41 Å². The van der Waals surface area contributed by atoms with Gasteiger partial charge in [0.25, 0.3) is 0 Å². The SMILES string of the molecule is CC(C)(C)OC(=O)N1CCC(NC2CCCC2(C)C)CC1. The summed E-state index contributed by atoms with van der Waals surface area (Å²) in [7, 11) is 0. The van der Waals surface area contributed by atoms with Gasteiger partial charge in [0.15, 0.2) is 0 Å². The monoisotopic (exact) mass is 296 g/mol. The highest BCUT2D eigenvalue weighted by molar-refractivity contribution is 5.68. The number of carbonyl (C=O) groups is 1. The third-order valence-electron chi connectivity index (χ3n) is 4.84. The van der Waals surface area contributed by atoms with Crippen LogP contribution in [0, 0.1) is 5.41 Å². The van der Waals surface area contributed by atoms with Gasteiger partial charge in [0, 0.05) is 25.2 Å². The highest BCUT2D eigenvalue weighted by Gasteiger charge is 2.36. The van der Waals surface area contributed by atoms with Gasteiger partial charge in [-0.1, -0.05) is 20.3 Å². The van der Waals surface area contributed by atoms with E-state index in [1.807, 2.05) is 25.7 Å². The van der Waals surface area contributed by atoms with E-state index in [0.29, 0.717) is 17.5 Å². The first-order valence-electron chi connectivity index (χ1n) is 8.41. The average molecular weight is 296 g/mol. The summed E-state index contributed by atoms with van der Waals surface area (Å²) >= 11 is 0. The van der Waals surface area contributed by atoms with Crippen LogP contribution >= 0.6 is 0 Å². The first-order valence-corrected chi connectivity index (χ1v) is 8.41. The zero-order valence-electron chi connectivity index (χ0n) is 14.4. The van der Waals surface area contributed by atoms with Gasteiger partial charge in [0.05, 0.1) is 0 Å². The van der Waals surface area contributed by atoms with Gasteiger partial charge in [-0.25, -0.2) is 4.79 Å². The lowest BCUT2D eigenvalue weighted by Crippen LogP contribution is -2.50. The minimum absolute atomic E-state index is 0.165. The van der Waals surface area contributed by atoms with Crippen LogP contribution in [0.25, 0.3) is 0 Å². The van der Waals surface area contributed by atoms with Crippen LogP contribution in [-0.2, 0) is 4.74 Å². The Morgan fingerprint density at radius 2 is 1.81 bits per heavy atom. The Kier molecular flexibility index (Phi) is 4.86. The number of nitrogens with zero attached hydrogens (tertiary/aromatic N) is 1. The molecule has 0 radical (unpaired) electrons. The highest BCUT2D eigenvalue weighted by atomic mass is 16.6. The summed E-state index contributed by atoms with van der Waals surface area (Å²) in [6.45, 7) is 12.1. The zero-order chi connectivity index (χ0) is 15.7. The quantitative estimate of drug-likeness (QED) is 0.847. The maximum atomic E-state index is 12.1. The molecule has 1 heterocycles. The number of rotatable bonds is 2. The summed E-state index contributed by atoms with van der Waals surface area (Å²) < 4.78 is 5.45. The largest absolute Gasteiger partial charge is 0.444 e. The van der Waals surface area contributed by atoms with Gasteiger partial charge in [-0.15, -0.1) is 0 Å². The van der Waals surface area contributed by atoms with Crippen molar-refractivity contribution in [3.8, 4) is 0 Å². The van der Waals surface area contributed by atoms with Crippen LogP contribution in [0.3, 0.4) is 0 Å². The predicted octanol–water partition coefficient (Wildman–Crippen LogP) is 3.55. The lowest BCUT2D eigenvalue weighted by molar-refractivity contribution is 0.0192. The fraction of sp³-hybridized carbons (Fsp3) is 0.941. The van der Waals surface area contributed by atoms with Crippen molar-refractivity contribution >= 4 is 6.09 Å². The Balaban J connectivity index is 1.77. The molecule has 0 spiro atoms. The molecule has 4 heteroatoms. The lowest BCUT2D eigenvalue weighted by atomic mass is 9.86. The zero-order valence-corrected chi connectivity index (χ0v) is 14.4. The first-order chi connectivity index (χ1) is 9.67. The number of piperidine rings is 1. The molecule has 1 amide bonds. The van der Waals surface area contributed by atoms with E-state index < -0.39 is 5.60 Å². The Labute approximate surface area is 129 Å². The van der Waals surface area contributed by atoms with Crippen LogP contribution < -0.4 is 5.32 Å². The van der Waals surface area contributed by atoms with Crippen LogP contribution in [0.1, 0.15) is 66.7 Å². The number of carbonyl (C=O) groups excluding carboxylic acids is 1. The molecular formula is C17H32N2O2. The molecule has 0 aromatic heterocycles. The molecule has 1 N–H and O–H groups in total. The molecule has 4 nitrogen and oxygen atoms in total. The van der Waals surface area contributed by atoms with Crippen molar-refractivity contribution in [2.75, 3.05) is 13.1 Å². The normalized spacial score (nSPS) is 26.9. The van der Waals surface area contributed by atoms with Crippen molar-refractivity contribution in [3.63, 3.8) is 0 Å². The van der Waals surface area contributed by atoms with Gasteiger partial charge in [-0.3, -0.25) is 0 Å². The molecule has 1 aliphatic carbocycles. The van der Waals surface area contributed by atoms with Crippen molar-refractivity contribution in [2.45, 2.75) is 84.4 Å². The van der Waals surface area contributed by atoms with Crippen LogP contribution in [0.5, 0.6) is 0 Å². The molecule has 1 aliphatic heterocycles. The minimum Gasteiger partial charge on any atom is -0.444 e. The summed E-state index contributed by atoms with van der Waals surface area (Å²) in [6.07, 6.45) is 5.85. The van der Waals surface area contributed by atoms with E-state index in [4.69, 9.17) is 4.74 Å². The maximum Gasteiger partial charge on any atom is 0.410 e. The third kappa shape index (κ3) is 4.60. The third-order valence-corrected chi connectivity index (χ3v) is 4.84.